The predicted molar refractivity (Wildman–Crippen MR) is 243 cm³/mol. The molecule has 58 heavy (non-hydrogen) atoms. The van der Waals surface area contributed by atoms with Gasteiger partial charge in [0, 0.05) is 22.3 Å². The Bertz CT molecular complexity index is 2670. The lowest BCUT2D eigenvalue weighted by Crippen LogP contribution is -1.92. The van der Waals surface area contributed by atoms with Gasteiger partial charge in [0.05, 0.1) is 22.8 Å². The summed E-state index contributed by atoms with van der Waals surface area (Å²) in [5, 5.41) is 2.46. The Morgan fingerprint density at radius 2 is 0.500 bits per heavy atom. The van der Waals surface area contributed by atoms with Crippen LogP contribution in [0.15, 0.2) is 231 Å². The Morgan fingerprint density at radius 1 is 0.207 bits per heavy atom. The van der Waals surface area contributed by atoms with E-state index in [-0.39, 0.29) is 0 Å². The predicted octanol–water partition coefficient (Wildman–Crippen LogP) is 15.0. The highest BCUT2D eigenvalue weighted by Crippen LogP contribution is 2.39. The number of fused-ring (bicyclic) bond motifs is 1. The quantitative estimate of drug-likeness (QED) is 0.155. The van der Waals surface area contributed by atoms with E-state index in [4.69, 9.17) is 9.97 Å². The maximum absolute atomic E-state index is 5.09. The monoisotopic (exact) mass is 738 g/mol. The second-order valence-electron chi connectivity index (χ2n) is 14.6. The molecule has 2 nitrogen and oxygen atoms in total. The lowest BCUT2D eigenvalue weighted by Gasteiger charge is -2.15. The third-order valence-electron chi connectivity index (χ3n) is 10.9. The van der Waals surface area contributed by atoms with E-state index in [2.05, 4.69) is 206 Å². The molecule has 0 spiro atoms. The minimum atomic E-state index is 0.961. The van der Waals surface area contributed by atoms with E-state index in [1.54, 1.807) is 0 Å². The Morgan fingerprint density at radius 3 is 0.810 bits per heavy atom. The molecule has 10 rings (SSSR count). The van der Waals surface area contributed by atoms with Crippen molar-refractivity contribution in [2.75, 3.05) is 0 Å². The fraction of sp³-hybridized carbons (Fsp3) is 0. The summed E-state index contributed by atoms with van der Waals surface area (Å²) in [7, 11) is 0. The molecule has 0 fully saturated rings. The van der Waals surface area contributed by atoms with Gasteiger partial charge < -0.3 is 0 Å². The van der Waals surface area contributed by atoms with Gasteiger partial charge in [0.1, 0.15) is 0 Å². The van der Waals surface area contributed by atoms with Crippen molar-refractivity contribution in [3.8, 4) is 89.5 Å². The van der Waals surface area contributed by atoms with Gasteiger partial charge in [-0.1, -0.05) is 206 Å². The van der Waals surface area contributed by atoms with Crippen LogP contribution in [0.2, 0.25) is 0 Å². The number of aromatic nitrogens is 2. The van der Waals surface area contributed by atoms with E-state index < -0.39 is 0 Å². The number of hydrogen-bond acceptors (Lipinski definition) is 2. The van der Waals surface area contributed by atoms with Crippen LogP contribution >= 0.6 is 0 Å². The standard InChI is InChI=1S/C56H38N2/c1-5-15-43(16-6-1)52-35-48(36-53(57-52)44-17-7-2-8-18-44)39-27-31-41(32-28-39)50-25-13-23-47-24-14-26-51(56(47)50)42-33-29-40(30-34-42)49-37-54(45-19-9-3-10-20-45)58-55(38-49)46-21-11-4-12-22-46/h1-38H. The van der Waals surface area contributed by atoms with Crippen LogP contribution in [0.4, 0.5) is 0 Å². The molecule has 10 aromatic rings. The van der Waals surface area contributed by atoms with Crippen LogP contribution in [0.5, 0.6) is 0 Å². The van der Waals surface area contributed by atoms with E-state index in [1.165, 1.54) is 33.0 Å². The van der Waals surface area contributed by atoms with Gasteiger partial charge in [-0.3, -0.25) is 0 Å². The van der Waals surface area contributed by atoms with Crippen LogP contribution in [0.1, 0.15) is 0 Å². The van der Waals surface area contributed by atoms with E-state index in [9.17, 15) is 0 Å². The zero-order chi connectivity index (χ0) is 38.7. The van der Waals surface area contributed by atoms with E-state index in [1.807, 2.05) is 24.3 Å². The van der Waals surface area contributed by atoms with Crippen molar-refractivity contribution in [2.24, 2.45) is 0 Å². The second kappa shape index (κ2) is 15.5. The normalized spacial score (nSPS) is 11.1. The molecular formula is C56H38N2. The molecule has 272 valence electrons. The molecule has 0 aliphatic heterocycles. The smallest absolute Gasteiger partial charge is 0.0715 e. The summed E-state index contributed by atoms with van der Waals surface area (Å²) in [4.78, 5) is 10.2. The Labute approximate surface area is 339 Å². The van der Waals surface area contributed by atoms with Crippen molar-refractivity contribution < 1.29 is 0 Å². The lowest BCUT2D eigenvalue weighted by molar-refractivity contribution is 1.32. The first-order valence-corrected chi connectivity index (χ1v) is 19.7. The van der Waals surface area contributed by atoms with Crippen LogP contribution in [0, 0.1) is 0 Å². The van der Waals surface area contributed by atoms with E-state index in [0.717, 1.165) is 67.3 Å². The van der Waals surface area contributed by atoms with Crippen molar-refractivity contribution in [3.63, 3.8) is 0 Å². The molecule has 0 saturated heterocycles. The molecule has 0 saturated carbocycles. The molecule has 2 aromatic heterocycles. The molecule has 0 N–H and O–H groups in total. The molecular weight excluding hydrogens is 701 g/mol. The fourth-order valence-electron chi connectivity index (χ4n) is 7.93. The SMILES string of the molecule is c1ccc(-c2cc(-c3ccc(-c4cccc5cccc(-c6ccc(-c7cc(-c8ccccc8)nc(-c8ccccc8)c7)cc6)c45)cc3)cc(-c3ccccc3)n2)cc1. The van der Waals surface area contributed by atoms with Crippen LogP contribution in [0.25, 0.3) is 100 Å². The van der Waals surface area contributed by atoms with Crippen LogP contribution < -0.4 is 0 Å². The van der Waals surface area contributed by atoms with Crippen LogP contribution in [-0.2, 0) is 0 Å². The molecule has 0 atom stereocenters. The zero-order valence-corrected chi connectivity index (χ0v) is 31.8. The molecule has 0 aliphatic carbocycles. The second-order valence-corrected chi connectivity index (χ2v) is 14.6. The molecule has 0 unspecified atom stereocenters. The number of hydrogen-bond donors (Lipinski definition) is 0. The van der Waals surface area contributed by atoms with Gasteiger partial charge in [-0.15, -0.1) is 0 Å². The highest BCUT2D eigenvalue weighted by molar-refractivity contribution is 6.06. The maximum Gasteiger partial charge on any atom is 0.0715 e. The average Bonchev–Trinajstić information content (AvgIpc) is 3.32. The summed E-state index contributed by atoms with van der Waals surface area (Å²) in [5.41, 5.74) is 17.6. The number of rotatable bonds is 8. The first-order chi connectivity index (χ1) is 28.7. The van der Waals surface area contributed by atoms with Crippen molar-refractivity contribution in [3.05, 3.63) is 231 Å². The zero-order valence-electron chi connectivity index (χ0n) is 31.8. The van der Waals surface area contributed by atoms with Gasteiger partial charge in [0.2, 0.25) is 0 Å². The van der Waals surface area contributed by atoms with Crippen molar-refractivity contribution >= 4 is 10.8 Å². The maximum atomic E-state index is 5.09. The number of pyridine rings is 2. The summed E-state index contributed by atoms with van der Waals surface area (Å²) in [5.74, 6) is 0. The summed E-state index contributed by atoms with van der Waals surface area (Å²) < 4.78 is 0. The Hall–Kier alpha value is -7.68. The molecule has 0 aliphatic rings. The van der Waals surface area contributed by atoms with Gasteiger partial charge in [0.25, 0.3) is 0 Å². The van der Waals surface area contributed by atoms with Gasteiger partial charge in [-0.2, -0.15) is 0 Å². The summed E-state index contributed by atoms with van der Waals surface area (Å²) in [6, 6.07) is 81.8. The third kappa shape index (κ3) is 7.00. The average molecular weight is 739 g/mol. The van der Waals surface area contributed by atoms with Crippen molar-refractivity contribution in [1.82, 2.24) is 9.97 Å². The lowest BCUT2D eigenvalue weighted by atomic mass is 9.90. The van der Waals surface area contributed by atoms with Gasteiger partial charge in [-0.05, 0) is 79.5 Å². The van der Waals surface area contributed by atoms with E-state index >= 15 is 0 Å². The van der Waals surface area contributed by atoms with E-state index in [0.29, 0.717) is 0 Å². The van der Waals surface area contributed by atoms with Crippen molar-refractivity contribution in [2.45, 2.75) is 0 Å². The summed E-state index contributed by atoms with van der Waals surface area (Å²) in [6.45, 7) is 0. The van der Waals surface area contributed by atoms with Crippen LogP contribution in [0.3, 0.4) is 0 Å². The summed E-state index contributed by atoms with van der Waals surface area (Å²) >= 11 is 0. The topological polar surface area (TPSA) is 25.8 Å². The highest BCUT2D eigenvalue weighted by Gasteiger charge is 2.14. The number of benzene rings is 8. The highest BCUT2D eigenvalue weighted by atomic mass is 14.7. The molecule has 0 radical (unpaired) electrons. The minimum absolute atomic E-state index is 0.961. The Kier molecular flexibility index (Phi) is 9.27. The molecule has 8 aromatic carbocycles. The molecule has 0 amide bonds. The third-order valence-corrected chi connectivity index (χ3v) is 10.9. The summed E-state index contributed by atoms with van der Waals surface area (Å²) in [6.07, 6.45) is 0. The molecule has 0 bridgehead atoms. The minimum Gasteiger partial charge on any atom is -0.248 e. The van der Waals surface area contributed by atoms with Gasteiger partial charge in [0.15, 0.2) is 0 Å². The van der Waals surface area contributed by atoms with Crippen molar-refractivity contribution in [1.29, 1.82) is 0 Å². The number of nitrogens with zero attached hydrogens (tertiary/aromatic N) is 2. The van der Waals surface area contributed by atoms with Gasteiger partial charge in [-0.25, -0.2) is 9.97 Å². The van der Waals surface area contributed by atoms with Crippen LogP contribution in [-0.4, -0.2) is 9.97 Å². The first-order valence-electron chi connectivity index (χ1n) is 19.7. The largest absolute Gasteiger partial charge is 0.248 e. The molecule has 2 heteroatoms. The molecule has 2 heterocycles. The first kappa shape index (κ1) is 34.8. The fourth-order valence-corrected chi connectivity index (χ4v) is 7.93. The Balaban J connectivity index is 1.01. The van der Waals surface area contributed by atoms with Gasteiger partial charge >= 0.3 is 0 Å².